The highest BCUT2D eigenvalue weighted by Crippen LogP contribution is 2.31. The zero-order chi connectivity index (χ0) is 13.9. The zero-order valence-electron chi connectivity index (χ0n) is 11.8. The topological polar surface area (TPSA) is 49.5 Å². The van der Waals surface area contributed by atoms with Gasteiger partial charge in [-0.25, -0.2) is 0 Å². The average molecular weight is 248 g/mol. The average Bonchev–Trinajstić information content (AvgIpc) is 2.23. The van der Waals surface area contributed by atoms with Crippen LogP contribution in [0.3, 0.4) is 0 Å². The molecule has 0 saturated heterocycles. The Morgan fingerprint density at radius 1 is 1.44 bits per heavy atom. The third kappa shape index (κ3) is 3.26. The molecule has 0 saturated carbocycles. The molecule has 3 N–H and O–H groups in total. The van der Waals surface area contributed by atoms with Crippen LogP contribution in [0.2, 0.25) is 0 Å². The molecule has 0 fully saturated rings. The highest BCUT2D eigenvalue weighted by molar-refractivity contribution is 5.55. The SMILES string of the molecule is C=CCN(c1ccc(C(C)N)c(O)c1)C(C)(C)C. The van der Waals surface area contributed by atoms with Crippen LogP contribution in [0.5, 0.6) is 5.75 Å². The normalized spacial score (nSPS) is 13.2. The minimum atomic E-state index is -0.165. The van der Waals surface area contributed by atoms with Crippen LogP contribution in [-0.4, -0.2) is 17.2 Å². The first-order valence-corrected chi connectivity index (χ1v) is 6.24. The quantitative estimate of drug-likeness (QED) is 0.804. The van der Waals surface area contributed by atoms with Crippen LogP contribution in [0.25, 0.3) is 0 Å². The van der Waals surface area contributed by atoms with Gasteiger partial charge >= 0.3 is 0 Å². The summed E-state index contributed by atoms with van der Waals surface area (Å²) in [6, 6.07) is 5.49. The van der Waals surface area contributed by atoms with Crippen LogP contribution in [0, 0.1) is 0 Å². The van der Waals surface area contributed by atoms with Gasteiger partial charge in [0.25, 0.3) is 0 Å². The Labute approximate surface area is 110 Å². The molecule has 3 heteroatoms. The van der Waals surface area contributed by atoms with E-state index in [9.17, 15) is 5.11 Å². The monoisotopic (exact) mass is 248 g/mol. The van der Waals surface area contributed by atoms with Crippen molar-refractivity contribution in [2.75, 3.05) is 11.4 Å². The molecule has 0 amide bonds. The van der Waals surface area contributed by atoms with E-state index in [4.69, 9.17) is 5.73 Å². The van der Waals surface area contributed by atoms with Gasteiger partial charge in [0.2, 0.25) is 0 Å². The number of hydrogen-bond donors (Lipinski definition) is 2. The van der Waals surface area contributed by atoms with Crippen LogP contribution in [0.4, 0.5) is 5.69 Å². The lowest BCUT2D eigenvalue weighted by Gasteiger charge is -2.37. The molecule has 1 aromatic carbocycles. The molecule has 0 spiro atoms. The molecule has 0 aromatic heterocycles. The first-order chi connectivity index (χ1) is 8.27. The molecule has 3 nitrogen and oxygen atoms in total. The molecule has 100 valence electrons. The van der Waals surface area contributed by atoms with Gasteiger partial charge in [-0.3, -0.25) is 0 Å². The largest absolute Gasteiger partial charge is 0.508 e. The van der Waals surface area contributed by atoms with Crippen LogP contribution < -0.4 is 10.6 Å². The molecule has 0 aliphatic heterocycles. The number of anilines is 1. The summed E-state index contributed by atoms with van der Waals surface area (Å²) in [5, 5.41) is 10.0. The number of phenols is 1. The Bertz CT molecular complexity index is 419. The number of rotatable bonds is 4. The molecule has 0 aliphatic rings. The predicted octanol–water partition coefficient (Wildman–Crippen LogP) is 3.20. The first kappa shape index (κ1) is 14.6. The maximum Gasteiger partial charge on any atom is 0.122 e. The van der Waals surface area contributed by atoms with Crippen molar-refractivity contribution >= 4 is 5.69 Å². The van der Waals surface area contributed by atoms with Crippen molar-refractivity contribution in [3.63, 3.8) is 0 Å². The van der Waals surface area contributed by atoms with Crippen LogP contribution in [0.1, 0.15) is 39.3 Å². The van der Waals surface area contributed by atoms with Gasteiger partial charge in [-0.1, -0.05) is 12.1 Å². The summed E-state index contributed by atoms with van der Waals surface area (Å²) in [5.41, 5.74) is 7.51. The van der Waals surface area contributed by atoms with Crippen molar-refractivity contribution < 1.29 is 5.11 Å². The van der Waals surface area contributed by atoms with Gasteiger partial charge in [-0.05, 0) is 33.8 Å². The summed E-state index contributed by atoms with van der Waals surface area (Å²) < 4.78 is 0. The van der Waals surface area contributed by atoms with E-state index in [0.29, 0.717) is 0 Å². The summed E-state index contributed by atoms with van der Waals surface area (Å²) in [6.45, 7) is 12.8. The van der Waals surface area contributed by atoms with Gasteiger partial charge in [0.05, 0.1) is 0 Å². The Morgan fingerprint density at radius 3 is 2.44 bits per heavy atom. The lowest BCUT2D eigenvalue weighted by molar-refractivity contribution is 0.462. The summed E-state index contributed by atoms with van der Waals surface area (Å²) in [5.74, 6) is 0.251. The van der Waals surface area contributed by atoms with Gasteiger partial charge in [0, 0.05) is 35.4 Å². The van der Waals surface area contributed by atoms with Crippen molar-refractivity contribution in [2.24, 2.45) is 5.73 Å². The second-order valence-electron chi connectivity index (χ2n) is 5.60. The minimum absolute atomic E-state index is 0.0313. The zero-order valence-corrected chi connectivity index (χ0v) is 11.8. The van der Waals surface area contributed by atoms with Crippen LogP contribution >= 0.6 is 0 Å². The van der Waals surface area contributed by atoms with E-state index in [1.165, 1.54) is 0 Å². The molecular weight excluding hydrogens is 224 g/mol. The van der Waals surface area contributed by atoms with Crippen molar-refractivity contribution in [3.8, 4) is 5.75 Å². The fourth-order valence-electron chi connectivity index (χ4n) is 1.98. The molecule has 1 unspecified atom stereocenters. The second-order valence-corrected chi connectivity index (χ2v) is 5.60. The van der Waals surface area contributed by atoms with Gasteiger partial charge in [-0.2, -0.15) is 0 Å². The molecular formula is C15H24N2O. The van der Waals surface area contributed by atoms with E-state index in [1.807, 2.05) is 25.1 Å². The number of hydrogen-bond acceptors (Lipinski definition) is 3. The van der Waals surface area contributed by atoms with E-state index < -0.39 is 0 Å². The third-order valence-electron chi connectivity index (χ3n) is 2.94. The highest BCUT2D eigenvalue weighted by Gasteiger charge is 2.21. The summed E-state index contributed by atoms with van der Waals surface area (Å²) >= 11 is 0. The third-order valence-corrected chi connectivity index (χ3v) is 2.94. The molecule has 0 aliphatic carbocycles. The van der Waals surface area contributed by atoms with E-state index >= 15 is 0 Å². The van der Waals surface area contributed by atoms with E-state index in [2.05, 4.69) is 32.3 Å². The number of benzene rings is 1. The summed E-state index contributed by atoms with van der Waals surface area (Å²) in [7, 11) is 0. The Balaban J connectivity index is 3.15. The maximum atomic E-state index is 10.0. The standard InChI is InChI=1S/C15H24N2O/c1-6-9-17(15(3,4)5)12-7-8-13(11(2)16)14(18)10-12/h6-8,10-11,18H,1,9,16H2,2-5H3. The van der Waals surface area contributed by atoms with Gasteiger partial charge in [-0.15, -0.1) is 6.58 Å². The fourth-order valence-corrected chi connectivity index (χ4v) is 1.98. The molecule has 0 heterocycles. The molecule has 0 radical (unpaired) electrons. The number of phenolic OH excluding ortho intramolecular Hbond substituents is 1. The van der Waals surface area contributed by atoms with Gasteiger partial charge in [0.1, 0.15) is 5.75 Å². The van der Waals surface area contributed by atoms with Crippen LogP contribution in [-0.2, 0) is 0 Å². The maximum absolute atomic E-state index is 10.0. The molecule has 1 aromatic rings. The van der Waals surface area contributed by atoms with Crippen molar-refractivity contribution in [1.29, 1.82) is 0 Å². The first-order valence-electron chi connectivity index (χ1n) is 6.24. The number of nitrogens with two attached hydrogens (primary N) is 1. The van der Waals surface area contributed by atoms with E-state index in [-0.39, 0.29) is 17.3 Å². The summed E-state index contributed by atoms with van der Waals surface area (Å²) in [4.78, 5) is 2.19. The molecule has 0 bridgehead atoms. The number of aromatic hydroxyl groups is 1. The summed E-state index contributed by atoms with van der Waals surface area (Å²) in [6.07, 6.45) is 1.86. The predicted molar refractivity (Wildman–Crippen MR) is 78.0 cm³/mol. The van der Waals surface area contributed by atoms with Crippen LogP contribution in [0.15, 0.2) is 30.9 Å². The lowest BCUT2D eigenvalue weighted by atomic mass is 10.0. The van der Waals surface area contributed by atoms with E-state index in [1.54, 1.807) is 6.07 Å². The second kappa shape index (κ2) is 5.44. The van der Waals surface area contributed by atoms with Gasteiger partial charge in [0.15, 0.2) is 0 Å². The molecule has 1 rings (SSSR count). The minimum Gasteiger partial charge on any atom is -0.508 e. The van der Waals surface area contributed by atoms with Crippen molar-refractivity contribution in [2.45, 2.75) is 39.3 Å². The Morgan fingerprint density at radius 2 is 2.06 bits per heavy atom. The Hall–Kier alpha value is -1.48. The highest BCUT2D eigenvalue weighted by atomic mass is 16.3. The smallest absolute Gasteiger partial charge is 0.122 e. The van der Waals surface area contributed by atoms with Crippen molar-refractivity contribution in [3.05, 3.63) is 36.4 Å². The van der Waals surface area contributed by atoms with Crippen molar-refractivity contribution in [1.82, 2.24) is 0 Å². The molecule has 18 heavy (non-hydrogen) atoms. The Kier molecular flexibility index (Phi) is 4.41. The lowest BCUT2D eigenvalue weighted by Crippen LogP contribution is -2.41. The van der Waals surface area contributed by atoms with E-state index in [0.717, 1.165) is 17.8 Å². The van der Waals surface area contributed by atoms with Gasteiger partial charge < -0.3 is 15.7 Å². The fraction of sp³-hybridized carbons (Fsp3) is 0.467. The molecule has 1 atom stereocenters. The number of nitrogens with zero attached hydrogens (tertiary/aromatic N) is 1.